The average Bonchev–Trinajstić information content (AvgIpc) is 3.35. The monoisotopic (exact) mass is 891 g/mol. The summed E-state index contributed by atoms with van der Waals surface area (Å²) in [6.07, 6.45) is 16.0. The van der Waals surface area contributed by atoms with Crippen LogP contribution in [0, 0.1) is 35.5 Å². The molecule has 0 saturated carbocycles. The van der Waals surface area contributed by atoms with Crippen LogP contribution in [0.5, 0.6) is 5.88 Å². The van der Waals surface area contributed by atoms with Crippen LogP contribution in [0.4, 0.5) is 5.69 Å². The summed E-state index contributed by atoms with van der Waals surface area (Å²) in [5.74, 6) is 0.468. The van der Waals surface area contributed by atoms with Gasteiger partial charge in [-0.25, -0.2) is 15.1 Å². The van der Waals surface area contributed by atoms with Crippen LogP contribution in [0.3, 0.4) is 0 Å². The van der Waals surface area contributed by atoms with E-state index in [1.54, 1.807) is 24.4 Å². The van der Waals surface area contributed by atoms with Gasteiger partial charge in [-0.1, -0.05) is 48.6 Å². The van der Waals surface area contributed by atoms with E-state index in [1.165, 1.54) is 10.8 Å². The van der Waals surface area contributed by atoms with Crippen molar-refractivity contribution in [2.45, 2.75) is 63.5 Å². The van der Waals surface area contributed by atoms with Crippen molar-refractivity contribution >= 4 is 40.1 Å². The van der Waals surface area contributed by atoms with Crippen LogP contribution in [0.25, 0.3) is 22.2 Å². The van der Waals surface area contributed by atoms with E-state index in [0.29, 0.717) is 80.2 Å². The number of nitrogens with one attached hydrogen (secondary N) is 4. The number of piperazine rings is 1. The van der Waals surface area contributed by atoms with E-state index in [0.717, 1.165) is 42.7 Å². The molecule has 3 saturated heterocycles. The maximum Gasteiger partial charge on any atom is 0.275 e. The molecule has 2 aromatic heterocycles. The van der Waals surface area contributed by atoms with Crippen LogP contribution in [0.2, 0.25) is 0 Å². The Balaban J connectivity index is 0.787. The number of allylic oxidation sites excluding steroid dienone is 3. The van der Waals surface area contributed by atoms with Crippen molar-refractivity contribution in [2.75, 3.05) is 50.8 Å². The molecule has 9 rings (SSSR count). The van der Waals surface area contributed by atoms with Gasteiger partial charge in [0.2, 0.25) is 17.7 Å². The first-order valence-electron chi connectivity index (χ1n) is 22.7. The average molecular weight is 892 g/mol. The number of fused-ring (bicyclic) bond motifs is 1. The van der Waals surface area contributed by atoms with Crippen molar-refractivity contribution in [1.29, 1.82) is 5.26 Å². The highest BCUT2D eigenvalue weighted by atomic mass is 16.5. The Kier molecular flexibility index (Phi) is 12.6. The quantitative estimate of drug-likeness (QED) is 0.150. The van der Waals surface area contributed by atoms with Crippen molar-refractivity contribution in [3.8, 4) is 23.3 Å². The predicted molar refractivity (Wildman–Crippen MR) is 245 cm³/mol. The molecule has 3 fully saturated rings. The number of carbonyl (C=O) groups excluding carboxylic acids is 4. The second-order valence-corrected chi connectivity index (χ2v) is 17.9. The van der Waals surface area contributed by atoms with E-state index < -0.39 is 22.9 Å². The van der Waals surface area contributed by atoms with Gasteiger partial charge in [-0.3, -0.25) is 34.7 Å². The van der Waals surface area contributed by atoms with E-state index in [1.807, 2.05) is 72.5 Å². The second kappa shape index (κ2) is 18.8. The first kappa shape index (κ1) is 44.2. The molecule has 4 amide bonds. The summed E-state index contributed by atoms with van der Waals surface area (Å²) in [7, 11) is 0. The molecule has 4 N–H and O–H groups in total. The summed E-state index contributed by atoms with van der Waals surface area (Å²) in [4.78, 5) is 76.8. The molecule has 4 aromatic rings. The highest BCUT2D eigenvalue weighted by Gasteiger charge is 2.50. The molecule has 5 atom stereocenters. The number of piperidine rings is 2. The van der Waals surface area contributed by atoms with Gasteiger partial charge in [0.25, 0.3) is 17.4 Å². The molecular formula is C49H53N11O6. The summed E-state index contributed by atoms with van der Waals surface area (Å²) in [6, 6.07) is 17.0. The number of aryl methyl sites for hydroxylation is 1. The van der Waals surface area contributed by atoms with Gasteiger partial charge in [-0.15, -0.1) is 0 Å². The van der Waals surface area contributed by atoms with Crippen molar-refractivity contribution in [2.24, 2.45) is 17.3 Å². The standard InChI is InChI=1S/C49H53N11O6/c1-32-39-27-37(9-10-38(39)47(65)60(56-32)40-11-12-41(61)53-46(40)64)58-22-24-59(25-23-58)44(63)13-8-35-29-51-20-15-36(35)30-66-43-16-21-52-45(54-43)34-7-5-6-33(26-34)28-49(19-14-42(62)55-57-49)48(31-50)17-3-2-4-18-48/h2-7,9-10,14,16-17,19,21,26-27,35-36,40,51,57H,8,11-13,15,18,20,22-25,28-30H2,1H3,(H,55,62)(H,53,61,64). The number of benzene rings is 2. The maximum absolute atomic E-state index is 13.6. The number of hydrazine groups is 1. The minimum Gasteiger partial charge on any atom is -0.477 e. The number of hydrogen-bond donors (Lipinski definition) is 4. The summed E-state index contributed by atoms with van der Waals surface area (Å²) in [5, 5.41) is 21.9. The number of nitrogens with zero attached hydrogens (tertiary/aromatic N) is 7. The van der Waals surface area contributed by atoms with Gasteiger partial charge in [-0.05, 0) is 93.8 Å². The van der Waals surface area contributed by atoms with Gasteiger partial charge in [-0.2, -0.15) is 15.3 Å². The third kappa shape index (κ3) is 8.98. The van der Waals surface area contributed by atoms with Gasteiger partial charge >= 0.3 is 0 Å². The number of nitriles is 1. The maximum atomic E-state index is 13.6. The van der Waals surface area contributed by atoms with Crippen molar-refractivity contribution in [3.63, 3.8) is 0 Å². The number of aromatic nitrogens is 4. The number of imide groups is 1. The van der Waals surface area contributed by atoms with Crippen LogP contribution in [-0.4, -0.2) is 99.7 Å². The van der Waals surface area contributed by atoms with Crippen LogP contribution in [-0.2, 0) is 25.6 Å². The Bertz CT molecular complexity index is 2750. The molecule has 17 heteroatoms. The molecule has 5 unspecified atom stereocenters. The van der Waals surface area contributed by atoms with E-state index in [-0.39, 0.29) is 48.0 Å². The molecule has 6 heterocycles. The fourth-order valence-electron chi connectivity index (χ4n) is 9.97. The number of anilines is 1. The highest BCUT2D eigenvalue weighted by molar-refractivity contribution is 5.99. The van der Waals surface area contributed by atoms with Gasteiger partial charge in [0.05, 0.1) is 29.3 Å². The summed E-state index contributed by atoms with van der Waals surface area (Å²) in [5.41, 5.74) is 6.99. The van der Waals surface area contributed by atoms with Crippen molar-refractivity contribution in [1.82, 2.24) is 46.1 Å². The Labute approximate surface area is 382 Å². The molecule has 2 aromatic carbocycles. The largest absolute Gasteiger partial charge is 0.477 e. The number of hydrogen-bond acceptors (Lipinski definition) is 13. The zero-order valence-electron chi connectivity index (χ0n) is 36.9. The second-order valence-electron chi connectivity index (χ2n) is 17.9. The van der Waals surface area contributed by atoms with Crippen LogP contribution >= 0.6 is 0 Å². The fraction of sp³-hybridized carbons (Fsp3) is 0.408. The first-order chi connectivity index (χ1) is 32.0. The molecule has 340 valence electrons. The highest BCUT2D eigenvalue weighted by Crippen LogP contribution is 2.43. The van der Waals surface area contributed by atoms with Gasteiger partial charge in [0, 0.05) is 74.0 Å². The number of carbonyl (C=O) groups is 4. The zero-order valence-corrected chi connectivity index (χ0v) is 36.9. The number of amides is 4. The van der Waals surface area contributed by atoms with Crippen LogP contribution in [0.15, 0.2) is 96.0 Å². The lowest BCUT2D eigenvalue weighted by atomic mass is 9.64. The van der Waals surface area contributed by atoms with Gasteiger partial charge in [0.15, 0.2) is 5.82 Å². The Morgan fingerprint density at radius 3 is 2.62 bits per heavy atom. The smallest absolute Gasteiger partial charge is 0.275 e. The number of ether oxygens (including phenoxy) is 1. The molecule has 5 aliphatic rings. The fourth-order valence-corrected chi connectivity index (χ4v) is 9.97. The van der Waals surface area contributed by atoms with Crippen LogP contribution in [0.1, 0.15) is 55.8 Å². The van der Waals surface area contributed by atoms with E-state index in [2.05, 4.69) is 42.5 Å². The summed E-state index contributed by atoms with van der Waals surface area (Å²) >= 11 is 0. The number of rotatable bonds is 12. The molecule has 0 bridgehead atoms. The van der Waals surface area contributed by atoms with Gasteiger partial charge < -0.3 is 19.9 Å². The third-order valence-corrected chi connectivity index (χ3v) is 13.8. The van der Waals surface area contributed by atoms with E-state index in [4.69, 9.17) is 9.72 Å². The van der Waals surface area contributed by atoms with E-state index in [9.17, 15) is 29.2 Å². The Morgan fingerprint density at radius 1 is 0.985 bits per heavy atom. The molecule has 1 aliphatic carbocycles. The lowest BCUT2D eigenvalue weighted by Crippen LogP contribution is -2.64. The molecular weight excluding hydrogens is 839 g/mol. The summed E-state index contributed by atoms with van der Waals surface area (Å²) < 4.78 is 7.55. The molecule has 4 aliphatic heterocycles. The molecule has 17 nitrogen and oxygen atoms in total. The Hall–Kier alpha value is -7.03. The third-order valence-electron chi connectivity index (χ3n) is 13.8. The molecule has 66 heavy (non-hydrogen) atoms. The normalized spacial score (nSPS) is 25.3. The topological polar surface area (TPSA) is 217 Å². The first-order valence-corrected chi connectivity index (χ1v) is 22.7. The van der Waals surface area contributed by atoms with E-state index >= 15 is 0 Å². The lowest BCUT2D eigenvalue weighted by Gasteiger charge is -2.45. The molecule has 0 radical (unpaired) electrons. The minimum atomic E-state index is -0.929. The van der Waals surface area contributed by atoms with Crippen molar-refractivity contribution in [3.05, 3.63) is 113 Å². The zero-order chi connectivity index (χ0) is 45.8. The predicted octanol–water partition coefficient (Wildman–Crippen LogP) is 3.37. The minimum absolute atomic E-state index is 0.135. The van der Waals surface area contributed by atoms with Crippen LogP contribution < -0.4 is 36.7 Å². The Morgan fingerprint density at radius 2 is 1.85 bits per heavy atom. The summed E-state index contributed by atoms with van der Waals surface area (Å²) in [6.45, 7) is 6.42. The molecule has 0 spiro atoms. The van der Waals surface area contributed by atoms with Crippen molar-refractivity contribution < 1.29 is 23.9 Å². The lowest BCUT2D eigenvalue weighted by molar-refractivity contribution is -0.136. The SMILES string of the molecule is Cc1nn(C2CCC(=O)NC2=O)c(=O)c2ccc(N3CCN(C(=O)CCC4CNCCC4COc4ccnc(-c5cccc(CC6(C7(C#N)C=CC=CC7)C=CC(=O)NN6)c5)n4)CC3)cc12. The van der Waals surface area contributed by atoms with Gasteiger partial charge in [0.1, 0.15) is 11.5 Å².